The minimum absolute atomic E-state index is 0.161. The number of hydrogen-bond acceptors (Lipinski definition) is 5. The minimum atomic E-state index is 0.161. The van der Waals surface area contributed by atoms with Crippen molar-refractivity contribution >= 4 is 11.3 Å². The second-order valence-electron chi connectivity index (χ2n) is 7.16. The Morgan fingerprint density at radius 3 is 3.04 bits per heavy atom. The SMILES string of the molecule is C[C@H]1CN([C@@H](CNCC(C)(C)CCC#N)c2cccs2)CCO1. The number of thiophene rings is 1. The van der Waals surface area contributed by atoms with Crippen LogP contribution in [0.2, 0.25) is 0 Å². The van der Waals surface area contributed by atoms with E-state index in [2.05, 4.69) is 54.6 Å². The molecule has 1 N–H and O–H groups in total. The molecule has 0 aromatic carbocycles. The van der Waals surface area contributed by atoms with Crippen LogP contribution in [0.5, 0.6) is 0 Å². The highest BCUT2D eigenvalue weighted by atomic mass is 32.1. The molecule has 2 rings (SSSR count). The van der Waals surface area contributed by atoms with Crippen LogP contribution in [0, 0.1) is 16.7 Å². The molecule has 1 aliphatic heterocycles. The number of hydrogen-bond donors (Lipinski definition) is 1. The molecule has 1 saturated heterocycles. The van der Waals surface area contributed by atoms with Gasteiger partial charge in [-0.15, -0.1) is 11.3 Å². The first-order valence-corrected chi connectivity index (χ1v) is 9.36. The molecule has 2 atom stereocenters. The maximum Gasteiger partial charge on any atom is 0.0674 e. The molecule has 128 valence electrons. The van der Waals surface area contributed by atoms with Gasteiger partial charge in [-0.25, -0.2) is 0 Å². The quantitative estimate of drug-likeness (QED) is 0.791. The first kappa shape index (κ1) is 18.4. The second kappa shape index (κ2) is 8.79. The molecule has 0 amide bonds. The molecule has 0 bridgehead atoms. The Kier molecular flexibility index (Phi) is 7.04. The molecule has 1 aromatic heterocycles. The summed E-state index contributed by atoms with van der Waals surface area (Å²) in [6.45, 7) is 11.3. The highest BCUT2D eigenvalue weighted by Gasteiger charge is 2.27. The standard InChI is InChI=1S/C18H29N3OS/c1-15-13-21(9-10-22-15)16(17-6-4-11-23-17)12-20-14-18(2,3)7-5-8-19/h4,6,11,15-16,20H,5,7,9-10,12-14H2,1-3H3/t15-,16-/m0/s1. The number of rotatable bonds is 8. The van der Waals surface area contributed by atoms with E-state index >= 15 is 0 Å². The molecule has 5 heteroatoms. The van der Waals surface area contributed by atoms with Crippen molar-refractivity contribution in [3.8, 4) is 6.07 Å². The molecular weight excluding hydrogens is 306 g/mol. The Labute approximate surface area is 144 Å². The third kappa shape index (κ3) is 5.89. The normalized spacial score (nSPS) is 21.0. The van der Waals surface area contributed by atoms with Crippen LogP contribution in [0.3, 0.4) is 0 Å². The lowest BCUT2D eigenvalue weighted by Crippen LogP contribution is -2.46. The van der Waals surface area contributed by atoms with Gasteiger partial charge in [-0.1, -0.05) is 19.9 Å². The third-order valence-corrected chi connectivity index (χ3v) is 5.41. The number of nitrogens with zero attached hydrogens (tertiary/aromatic N) is 2. The summed E-state index contributed by atoms with van der Waals surface area (Å²) in [7, 11) is 0. The predicted octanol–water partition coefficient (Wildman–Crippen LogP) is 3.43. The van der Waals surface area contributed by atoms with Crippen LogP contribution < -0.4 is 5.32 Å². The summed E-state index contributed by atoms with van der Waals surface area (Å²) in [6, 6.07) is 7.03. The molecule has 1 aliphatic rings. The lowest BCUT2D eigenvalue weighted by molar-refractivity contribution is -0.0341. The van der Waals surface area contributed by atoms with Crippen molar-refractivity contribution in [1.29, 1.82) is 5.26 Å². The first-order chi connectivity index (χ1) is 11.0. The van der Waals surface area contributed by atoms with Crippen molar-refractivity contribution < 1.29 is 4.74 Å². The van der Waals surface area contributed by atoms with E-state index in [1.807, 2.05) is 11.3 Å². The largest absolute Gasteiger partial charge is 0.376 e. The molecule has 4 nitrogen and oxygen atoms in total. The van der Waals surface area contributed by atoms with E-state index in [9.17, 15) is 0 Å². The summed E-state index contributed by atoms with van der Waals surface area (Å²) in [6.07, 6.45) is 1.87. The summed E-state index contributed by atoms with van der Waals surface area (Å²) in [5, 5.41) is 14.6. The zero-order valence-electron chi connectivity index (χ0n) is 14.5. The van der Waals surface area contributed by atoms with E-state index in [0.29, 0.717) is 18.6 Å². The lowest BCUT2D eigenvalue weighted by Gasteiger charge is -2.37. The van der Waals surface area contributed by atoms with Crippen LogP contribution in [-0.4, -0.2) is 43.8 Å². The number of nitriles is 1. The molecule has 0 saturated carbocycles. The zero-order valence-corrected chi connectivity index (χ0v) is 15.4. The fourth-order valence-electron chi connectivity index (χ4n) is 3.05. The Hall–Kier alpha value is -0.930. The molecule has 23 heavy (non-hydrogen) atoms. The monoisotopic (exact) mass is 335 g/mol. The fraction of sp³-hybridized carbons (Fsp3) is 0.722. The summed E-state index contributed by atoms with van der Waals surface area (Å²) < 4.78 is 5.69. The van der Waals surface area contributed by atoms with Crippen LogP contribution in [-0.2, 0) is 4.74 Å². The van der Waals surface area contributed by atoms with Gasteiger partial charge >= 0.3 is 0 Å². The highest BCUT2D eigenvalue weighted by molar-refractivity contribution is 7.10. The average molecular weight is 336 g/mol. The van der Waals surface area contributed by atoms with Gasteiger partial charge in [-0.05, 0) is 30.2 Å². The zero-order chi connectivity index (χ0) is 16.7. The molecule has 0 unspecified atom stereocenters. The van der Waals surface area contributed by atoms with Crippen LogP contribution in [0.4, 0.5) is 0 Å². The van der Waals surface area contributed by atoms with Gasteiger partial charge in [0.25, 0.3) is 0 Å². The van der Waals surface area contributed by atoms with Crippen molar-refractivity contribution in [2.45, 2.75) is 45.8 Å². The van der Waals surface area contributed by atoms with Gasteiger partial charge < -0.3 is 10.1 Å². The molecule has 0 aliphatic carbocycles. The number of ether oxygens (including phenoxy) is 1. The summed E-state index contributed by atoms with van der Waals surface area (Å²) in [5.41, 5.74) is 0.161. The van der Waals surface area contributed by atoms with Crippen LogP contribution >= 0.6 is 11.3 Å². The molecule has 0 spiro atoms. The van der Waals surface area contributed by atoms with Gasteiger partial charge in [0, 0.05) is 37.5 Å². The summed E-state index contributed by atoms with van der Waals surface area (Å²) in [4.78, 5) is 3.95. The van der Waals surface area contributed by atoms with Gasteiger partial charge in [0.1, 0.15) is 0 Å². The van der Waals surface area contributed by atoms with Gasteiger partial charge in [-0.3, -0.25) is 4.90 Å². The first-order valence-electron chi connectivity index (χ1n) is 8.48. The number of morpholine rings is 1. The van der Waals surface area contributed by atoms with Crippen LogP contribution in [0.25, 0.3) is 0 Å². The topological polar surface area (TPSA) is 48.3 Å². The Bertz CT molecular complexity index is 495. The van der Waals surface area contributed by atoms with Gasteiger partial charge in [0.2, 0.25) is 0 Å². The minimum Gasteiger partial charge on any atom is -0.376 e. The summed E-state index contributed by atoms with van der Waals surface area (Å²) in [5.74, 6) is 0. The van der Waals surface area contributed by atoms with E-state index in [1.54, 1.807) is 0 Å². The average Bonchev–Trinajstić information content (AvgIpc) is 3.03. The molecule has 0 radical (unpaired) electrons. The predicted molar refractivity (Wildman–Crippen MR) is 95.5 cm³/mol. The molecule has 1 fully saturated rings. The second-order valence-corrected chi connectivity index (χ2v) is 8.14. The van der Waals surface area contributed by atoms with Crippen molar-refractivity contribution in [3.05, 3.63) is 22.4 Å². The van der Waals surface area contributed by atoms with Crippen molar-refractivity contribution in [1.82, 2.24) is 10.2 Å². The lowest BCUT2D eigenvalue weighted by atomic mass is 9.88. The third-order valence-electron chi connectivity index (χ3n) is 4.44. The van der Waals surface area contributed by atoms with E-state index in [-0.39, 0.29) is 5.41 Å². The Balaban J connectivity index is 1.92. The Morgan fingerprint density at radius 2 is 2.39 bits per heavy atom. The van der Waals surface area contributed by atoms with E-state index in [4.69, 9.17) is 10.00 Å². The number of nitrogens with one attached hydrogen (secondary N) is 1. The van der Waals surface area contributed by atoms with Crippen molar-refractivity contribution in [3.63, 3.8) is 0 Å². The van der Waals surface area contributed by atoms with Crippen LogP contribution in [0.1, 0.15) is 44.5 Å². The van der Waals surface area contributed by atoms with Crippen molar-refractivity contribution in [2.75, 3.05) is 32.8 Å². The van der Waals surface area contributed by atoms with E-state index in [0.717, 1.165) is 39.2 Å². The van der Waals surface area contributed by atoms with Crippen molar-refractivity contribution in [2.24, 2.45) is 5.41 Å². The highest BCUT2D eigenvalue weighted by Crippen LogP contribution is 2.27. The molecule has 1 aromatic rings. The van der Waals surface area contributed by atoms with E-state index in [1.165, 1.54) is 4.88 Å². The smallest absolute Gasteiger partial charge is 0.0674 e. The van der Waals surface area contributed by atoms with E-state index < -0.39 is 0 Å². The molecule has 2 heterocycles. The molecular formula is C18H29N3OS. The maximum atomic E-state index is 8.78. The summed E-state index contributed by atoms with van der Waals surface area (Å²) >= 11 is 1.83. The fourth-order valence-corrected chi connectivity index (χ4v) is 3.91. The van der Waals surface area contributed by atoms with Crippen LogP contribution in [0.15, 0.2) is 17.5 Å². The van der Waals surface area contributed by atoms with Gasteiger partial charge in [0.05, 0.1) is 24.8 Å². The maximum absolute atomic E-state index is 8.78. The van der Waals surface area contributed by atoms with Gasteiger partial charge in [-0.2, -0.15) is 5.26 Å². The Morgan fingerprint density at radius 1 is 1.57 bits per heavy atom. The van der Waals surface area contributed by atoms with Gasteiger partial charge in [0.15, 0.2) is 0 Å².